The van der Waals surface area contributed by atoms with Gasteiger partial charge >= 0.3 is 6.09 Å². The number of carbonyl (C=O) groups excluding carboxylic acids is 1. The van der Waals surface area contributed by atoms with Crippen molar-refractivity contribution >= 4 is 6.09 Å². The lowest BCUT2D eigenvalue weighted by atomic mass is 10.2. The average Bonchev–Trinajstić information content (AvgIpc) is 2.90. The van der Waals surface area contributed by atoms with Crippen LogP contribution in [-0.2, 0) is 11.3 Å². The van der Waals surface area contributed by atoms with E-state index in [9.17, 15) is 4.79 Å². The summed E-state index contributed by atoms with van der Waals surface area (Å²) in [6.07, 6.45) is 4.01. The van der Waals surface area contributed by atoms with Gasteiger partial charge in [-0.15, -0.1) is 0 Å². The van der Waals surface area contributed by atoms with Gasteiger partial charge < -0.3 is 9.47 Å². The summed E-state index contributed by atoms with van der Waals surface area (Å²) >= 11 is 0. The van der Waals surface area contributed by atoms with Crippen LogP contribution in [0.4, 0.5) is 4.79 Å². The van der Waals surface area contributed by atoms with E-state index < -0.39 is 6.09 Å². The third kappa shape index (κ3) is 2.84. The third-order valence-corrected chi connectivity index (χ3v) is 2.24. The highest BCUT2D eigenvalue weighted by molar-refractivity contribution is 5.69. The van der Waals surface area contributed by atoms with E-state index in [0.29, 0.717) is 0 Å². The predicted octanol–water partition coefficient (Wildman–Crippen LogP) is 2.08. The Hall–Kier alpha value is -2.30. The number of hydrogen-bond donors (Lipinski definition) is 0. The molecule has 0 saturated heterocycles. The summed E-state index contributed by atoms with van der Waals surface area (Å²) in [5.41, 5.74) is 0.902. The molecular formula is C12H12N2O3. The summed E-state index contributed by atoms with van der Waals surface area (Å²) in [6, 6.07) is 7.33. The first-order chi connectivity index (χ1) is 8.29. The summed E-state index contributed by atoms with van der Waals surface area (Å²) < 4.78 is 11.4. The molecule has 17 heavy (non-hydrogen) atoms. The Morgan fingerprint density at radius 1 is 1.35 bits per heavy atom. The lowest BCUT2D eigenvalue weighted by Gasteiger charge is -2.05. The van der Waals surface area contributed by atoms with Gasteiger partial charge in [-0.3, -0.25) is 0 Å². The smallest absolute Gasteiger partial charge is 0.419 e. The van der Waals surface area contributed by atoms with Crippen LogP contribution in [-0.4, -0.2) is 22.8 Å². The summed E-state index contributed by atoms with van der Waals surface area (Å²) in [6.45, 7) is 0.223. The van der Waals surface area contributed by atoms with Crippen molar-refractivity contribution in [2.24, 2.45) is 0 Å². The summed E-state index contributed by atoms with van der Waals surface area (Å²) in [5, 5.41) is 0. The molecule has 1 aromatic heterocycles. The Morgan fingerprint density at radius 3 is 2.71 bits per heavy atom. The van der Waals surface area contributed by atoms with E-state index in [-0.39, 0.29) is 6.61 Å². The fraction of sp³-hybridized carbons (Fsp3) is 0.167. The molecule has 0 aliphatic carbocycles. The third-order valence-electron chi connectivity index (χ3n) is 2.24. The minimum atomic E-state index is -0.446. The molecule has 0 aliphatic heterocycles. The van der Waals surface area contributed by atoms with Gasteiger partial charge in [0.2, 0.25) is 0 Å². The minimum Gasteiger partial charge on any atom is -0.497 e. The van der Waals surface area contributed by atoms with Gasteiger partial charge in [-0.2, -0.15) is 0 Å². The molecule has 88 valence electrons. The average molecular weight is 232 g/mol. The predicted molar refractivity (Wildman–Crippen MR) is 60.8 cm³/mol. The molecule has 0 atom stereocenters. The lowest BCUT2D eigenvalue weighted by Crippen LogP contribution is -2.11. The van der Waals surface area contributed by atoms with E-state index in [0.717, 1.165) is 11.3 Å². The number of carbonyl (C=O) groups is 1. The Bertz CT molecular complexity index is 477. The zero-order chi connectivity index (χ0) is 12.1. The van der Waals surface area contributed by atoms with Crippen LogP contribution >= 0.6 is 0 Å². The van der Waals surface area contributed by atoms with E-state index in [1.165, 1.54) is 23.3 Å². The first-order valence-corrected chi connectivity index (χ1v) is 5.07. The van der Waals surface area contributed by atoms with E-state index >= 15 is 0 Å². The molecule has 0 amide bonds. The number of aromatic nitrogens is 2. The van der Waals surface area contributed by atoms with Crippen molar-refractivity contribution < 1.29 is 14.3 Å². The highest BCUT2D eigenvalue weighted by Gasteiger charge is 2.04. The van der Waals surface area contributed by atoms with Gasteiger partial charge in [0.15, 0.2) is 0 Å². The molecule has 0 spiro atoms. The zero-order valence-electron chi connectivity index (χ0n) is 9.37. The second-order valence-electron chi connectivity index (χ2n) is 3.37. The molecule has 0 fully saturated rings. The standard InChI is InChI=1S/C12H12N2O3/c1-16-11-4-2-10(3-5-11)8-17-12(15)14-7-6-13-9-14/h2-7,9H,8H2,1H3. The number of ether oxygens (including phenoxy) is 2. The molecule has 1 heterocycles. The van der Waals surface area contributed by atoms with Crippen molar-refractivity contribution in [1.82, 2.24) is 9.55 Å². The molecular weight excluding hydrogens is 220 g/mol. The highest BCUT2D eigenvalue weighted by Crippen LogP contribution is 2.12. The first-order valence-electron chi connectivity index (χ1n) is 5.07. The van der Waals surface area contributed by atoms with Gasteiger partial charge in [0.25, 0.3) is 0 Å². The number of hydrogen-bond acceptors (Lipinski definition) is 4. The fourth-order valence-electron chi connectivity index (χ4n) is 1.31. The van der Waals surface area contributed by atoms with Crippen LogP contribution in [0, 0.1) is 0 Å². The van der Waals surface area contributed by atoms with Crippen LogP contribution in [0.5, 0.6) is 5.75 Å². The summed E-state index contributed by atoms with van der Waals surface area (Å²) in [4.78, 5) is 15.2. The number of methoxy groups -OCH3 is 1. The molecule has 0 bridgehead atoms. The topological polar surface area (TPSA) is 53.4 Å². The molecule has 2 rings (SSSR count). The van der Waals surface area contributed by atoms with Gasteiger partial charge in [0.05, 0.1) is 7.11 Å². The maximum atomic E-state index is 11.5. The van der Waals surface area contributed by atoms with Crippen LogP contribution in [0.3, 0.4) is 0 Å². The van der Waals surface area contributed by atoms with Crippen molar-refractivity contribution in [1.29, 1.82) is 0 Å². The molecule has 5 heteroatoms. The van der Waals surface area contributed by atoms with Crippen LogP contribution < -0.4 is 4.74 Å². The zero-order valence-corrected chi connectivity index (χ0v) is 9.37. The van der Waals surface area contributed by atoms with Crippen molar-refractivity contribution in [2.75, 3.05) is 7.11 Å². The molecule has 0 unspecified atom stereocenters. The molecule has 1 aromatic carbocycles. The van der Waals surface area contributed by atoms with Crippen LogP contribution in [0.15, 0.2) is 43.0 Å². The van der Waals surface area contributed by atoms with Crippen LogP contribution in [0.25, 0.3) is 0 Å². The monoisotopic (exact) mass is 232 g/mol. The maximum absolute atomic E-state index is 11.5. The summed E-state index contributed by atoms with van der Waals surface area (Å²) in [7, 11) is 1.61. The molecule has 0 radical (unpaired) electrons. The highest BCUT2D eigenvalue weighted by atomic mass is 16.5. The second kappa shape index (κ2) is 5.16. The first kappa shape index (κ1) is 11.2. The normalized spacial score (nSPS) is 9.94. The van der Waals surface area contributed by atoms with E-state index in [4.69, 9.17) is 9.47 Å². The van der Waals surface area contributed by atoms with Gasteiger partial charge in [0.1, 0.15) is 18.7 Å². The summed E-state index contributed by atoms with van der Waals surface area (Å²) in [5.74, 6) is 0.773. The Labute approximate surface area is 98.6 Å². The molecule has 0 saturated carbocycles. The van der Waals surface area contributed by atoms with Crippen molar-refractivity contribution in [3.63, 3.8) is 0 Å². The van der Waals surface area contributed by atoms with Gasteiger partial charge in [0, 0.05) is 12.4 Å². The molecule has 5 nitrogen and oxygen atoms in total. The lowest BCUT2D eigenvalue weighted by molar-refractivity contribution is 0.141. The minimum absolute atomic E-state index is 0.223. The number of nitrogens with zero attached hydrogens (tertiary/aromatic N) is 2. The molecule has 2 aromatic rings. The molecule has 0 aliphatic rings. The quantitative estimate of drug-likeness (QED) is 0.813. The number of rotatable bonds is 3. The fourth-order valence-corrected chi connectivity index (χ4v) is 1.31. The van der Waals surface area contributed by atoms with Crippen molar-refractivity contribution in [3.05, 3.63) is 48.5 Å². The van der Waals surface area contributed by atoms with E-state index in [1.807, 2.05) is 24.3 Å². The van der Waals surface area contributed by atoms with Crippen molar-refractivity contribution in [3.8, 4) is 5.75 Å². The second-order valence-corrected chi connectivity index (χ2v) is 3.37. The maximum Gasteiger partial charge on any atom is 0.419 e. The van der Waals surface area contributed by atoms with Crippen LogP contribution in [0.1, 0.15) is 5.56 Å². The Kier molecular flexibility index (Phi) is 3.40. The van der Waals surface area contributed by atoms with Crippen molar-refractivity contribution in [2.45, 2.75) is 6.61 Å². The van der Waals surface area contributed by atoms with Crippen LogP contribution in [0.2, 0.25) is 0 Å². The number of imidazole rings is 1. The van der Waals surface area contributed by atoms with Gasteiger partial charge in [-0.25, -0.2) is 14.3 Å². The number of benzene rings is 1. The Morgan fingerprint density at radius 2 is 2.12 bits per heavy atom. The van der Waals surface area contributed by atoms with Gasteiger partial charge in [-0.1, -0.05) is 12.1 Å². The Balaban J connectivity index is 1.91. The van der Waals surface area contributed by atoms with E-state index in [2.05, 4.69) is 4.98 Å². The molecule has 0 N–H and O–H groups in total. The largest absolute Gasteiger partial charge is 0.497 e. The SMILES string of the molecule is COc1ccc(COC(=O)n2ccnc2)cc1. The van der Waals surface area contributed by atoms with Gasteiger partial charge in [-0.05, 0) is 17.7 Å². The van der Waals surface area contributed by atoms with E-state index in [1.54, 1.807) is 7.11 Å².